The van der Waals surface area contributed by atoms with Gasteiger partial charge < -0.3 is 5.32 Å². The fourth-order valence-corrected chi connectivity index (χ4v) is 1.82. The van der Waals surface area contributed by atoms with E-state index in [1.807, 2.05) is 0 Å². The van der Waals surface area contributed by atoms with Crippen LogP contribution in [0, 0.1) is 0 Å². The molecule has 0 aliphatic carbocycles. The molecule has 78 valence electrons. The minimum atomic E-state index is -4.13. The van der Waals surface area contributed by atoms with Crippen LogP contribution in [0.4, 0.5) is 13.2 Å². The van der Waals surface area contributed by atoms with Crippen molar-refractivity contribution in [1.29, 1.82) is 0 Å². The SMILES string of the molecule is CN(C)C1(C(F)(F)F)CCNCC1. The summed E-state index contributed by atoms with van der Waals surface area (Å²) in [4.78, 5) is 1.30. The van der Waals surface area contributed by atoms with Crippen molar-refractivity contribution in [2.24, 2.45) is 0 Å². The lowest BCUT2D eigenvalue weighted by atomic mass is 9.86. The Labute approximate surface area is 76.1 Å². The lowest BCUT2D eigenvalue weighted by Crippen LogP contribution is -2.60. The quantitative estimate of drug-likeness (QED) is 0.678. The standard InChI is InChI=1S/C8H15F3N2/c1-13(2)7(8(9,10)11)3-5-12-6-4-7/h12H,3-6H2,1-2H3. The lowest BCUT2D eigenvalue weighted by Gasteiger charge is -2.44. The summed E-state index contributed by atoms with van der Waals surface area (Å²) >= 11 is 0. The van der Waals surface area contributed by atoms with Crippen molar-refractivity contribution in [2.45, 2.75) is 24.6 Å². The number of piperidine rings is 1. The van der Waals surface area contributed by atoms with E-state index in [1.165, 1.54) is 19.0 Å². The zero-order chi connectivity index (χ0) is 10.1. The number of alkyl halides is 3. The van der Waals surface area contributed by atoms with Gasteiger partial charge in [-0.25, -0.2) is 0 Å². The van der Waals surface area contributed by atoms with Crippen molar-refractivity contribution < 1.29 is 13.2 Å². The van der Waals surface area contributed by atoms with Crippen LogP contribution in [0.2, 0.25) is 0 Å². The summed E-state index contributed by atoms with van der Waals surface area (Å²) < 4.78 is 38.3. The summed E-state index contributed by atoms with van der Waals surface area (Å²) in [5, 5.41) is 2.94. The molecule has 2 nitrogen and oxygen atoms in total. The van der Waals surface area contributed by atoms with Crippen LogP contribution in [0.1, 0.15) is 12.8 Å². The second kappa shape index (κ2) is 3.46. The second-order valence-electron chi connectivity index (χ2n) is 3.67. The van der Waals surface area contributed by atoms with Crippen LogP contribution in [0.15, 0.2) is 0 Å². The highest BCUT2D eigenvalue weighted by atomic mass is 19.4. The average molecular weight is 196 g/mol. The van der Waals surface area contributed by atoms with E-state index >= 15 is 0 Å². The number of nitrogens with zero attached hydrogens (tertiary/aromatic N) is 1. The number of halogens is 3. The topological polar surface area (TPSA) is 15.3 Å². The van der Waals surface area contributed by atoms with Crippen LogP contribution in [0.3, 0.4) is 0 Å². The summed E-state index contributed by atoms with van der Waals surface area (Å²) in [6.07, 6.45) is -3.84. The highest BCUT2D eigenvalue weighted by Crippen LogP contribution is 2.40. The summed E-state index contributed by atoms with van der Waals surface area (Å²) in [5.74, 6) is 0. The number of hydrogen-bond donors (Lipinski definition) is 1. The van der Waals surface area contributed by atoms with E-state index in [0.717, 1.165) is 0 Å². The molecule has 1 aliphatic rings. The molecule has 1 N–H and O–H groups in total. The fourth-order valence-electron chi connectivity index (χ4n) is 1.82. The molecule has 0 saturated carbocycles. The number of hydrogen-bond acceptors (Lipinski definition) is 2. The van der Waals surface area contributed by atoms with Crippen molar-refractivity contribution in [2.75, 3.05) is 27.2 Å². The van der Waals surface area contributed by atoms with Gasteiger partial charge in [0, 0.05) is 0 Å². The third kappa shape index (κ3) is 1.81. The molecule has 1 saturated heterocycles. The zero-order valence-electron chi connectivity index (χ0n) is 7.91. The largest absolute Gasteiger partial charge is 0.406 e. The molecule has 0 bridgehead atoms. The molecule has 0 aromatic rings. The molecule has 0 radical (unpaired) electrons. The van der Waals surface area contributed by atoms with Crippen LogP contribution in [-0.2, 0) is 0 Å². The van der Waals surface area contributed by atoms with Crippen LogP contribution < -0.4 is 5.32 Å². The van der Waals surface area contributed by atoms with Gasteiger partial charge in [0.05, 0.1) is 0 Å². The molecule has 0 spiro atoms. The molecule has 0 amide bonds. The van der Waals surface area contributed by atoms with Crippen LogP contribution in [-0.4, -0.2) is 43.8 Å². The third-order valence-corrected chi connectivity index (χ3v) is 2.81. The van der Waals surface area contributed by atoms with Gasteiger partial charge in [-0.3, -0.25) is 4.90 Å². The monoisotopic (exact) mass is 196 g/mol. The predicted octanol–water partition coefficient (Wildman–Crippen LogP) is 1.23. The molecule has 1 aliphatic heterocycles. The number of rotatable bonds is 1. The summed E-state index contributed by atoms with van der Waals surface area (Å²) in [5.41, 5.74) is -1.61. The van der Waals surface area contributed by atoms with Crippen molar-refractivity contribution in [3.63, 3.8) is 0 Å². The van der Waals surface area contributed by atoms with Crippen LogP contribution in [0.25, 0.3) is 0 Å². The maximum atomic E-state index is 12.8. The van der Waals surface area contributed by atoms with Gasteiger partial charge in [0.1, 0.15) is 5.54 Å². The Kier molecular flexibility index (Phi) is 2.87. The van der Waals surface area contributed by atoms with E-state index < -0.39 is 11.7 Å². The first-order valence-corrected chi connectivity index (χ1v) is 4.35. The van der Waals surface area contributed by atoms with E-state index in [4.69, 9.17) is 0 Å². The van der Waals surface area contributed by atoms with Gasteiger partial charge in [0.2, 0.25) is 0 Å². The zero-order valence-corrected chi connectivity index (χ0v) is 7.91. The van der Waals surface area contributed by atoms with Crippen molar-refractivity contribution in [1.82, 2.24) is 10.2 Å². The molecule has 1 rings (SSSR count). The van der Waals surface area contributed by atoms with Gasteiger partial charge in [-0.2, -0.15) is 13.2 Å². The summed E-state index contributed by atoms with van der Waals surface area (Å²) in [7, 11) is 3.00. The smallest absolute Gasteiger partial charge is 0.317 e. The van der Waals surface area contributed by atoms with Gasteiger partial charge in [0.25, 0.3) is 0 Å². The van der Waals surface area contributed by atoms with Crippen LogP contribution >= 0.6 is 0 Å². The Morgan fingerprint density at radius 1 is 1.15 bits per heavy atom. The van der Waals surface area contributed by atoms with Crippen molar-refractivity contribution in [3.8, 4) is 0 Å². The number of nitrogens with one attached hydrogen (secondary N) is 1. The van der Waals surface area contributed by atoms with Gasteiger partial charge >= 0.3 is 6.18 Å². The van der Waals surface area contributed by atoms with E-state index in [2.05, 4.69) is 5.32 Å². The Balaban J connectivity index is 2.86. The first kappa shape index (κ1) is 10.8. The second-order valence-corrected chi connectivity index (χ2v) is 3.67. The fraction of sp³-hybridized carbons (Fsp3) is 1.00. The molecule has 0 unspecified atom stereocenters. The van der Waals surface area contributed by atoms with E-state index in [0.29, 0.717) is 13.1 Å². The Bertz CT molecular complexity index is 171. The van der Waals surface area contributed by atoms with E-state index in [9.17, 15) is 13.2 Å². The van der Waals surface area contributed by atoms with Gasteiger partial charge in [-0.1, -0.05) is 0 Å². The summed E-state index contributed by atoms with van der Waals surface area (Å²) in [6.45, 7) is 0.884. The Morgan fingerprint density at radius 3 is 1.85 bits per heavy atom. The minimum Gasteiger partial charge on any atom is -0.317 e. The normalized spacial score (nSPS) is 23.5. The molecule has 5 heteroatoms. The van der Waals surface area contributed by atoms with E-state index in [1.54, 1.807) is 0 Å². The molecular weight excluding hydrogens is 181 g/mol. The Morgan fingerprint density at radius 2 is 1.62 bits per heavy atom. The minimum absolute atomic E-state index is 0.142. The van der Waals surface area contributed by atoms with Crippen molar-refractivity contribution >= 4 is 0 Å². The third-order valence-electron chi connectivity index (χ3n) is 2.81. The molecule has 0 aromatic heterocycles. The van der Waals surface area contributed by atoms with E-state index in [-0.39, 0.29) is 12.8 Å². The highest BCUT2D eigenvalue weighted by molar-refractivity contribution is 4.98. The van der Waals surface area contributed by atoms with Gasteiger partial charge in [-0.05, 0) is 40.0 Å². The first-order chi connectivity index (χ1) is 5.90. The average Bonchev–Trinajstić information content (AvgIpc) is 2.03. The predicted molar refractivity (Wildman–Crippen MR) is 44.6 cm³/mol. The van der Waals surface area contributed by atoms with Crippen LogP contribution in [0.5, 0.6) is 0 Å². The maximum absolute atomic E-state index is 12.8. The molecule has 0 atom stereocenters. The Hall–Kier alpha value is -0.290. The van der Waals surface area contributed by atoms with Gasteiger partial charge in [-0.15, -0.1) is 0 Å². The van der Waals surface area contributed by atoms with Gasteiger partial charge in [0.15, 0.2) is 0 Å². The molecule has 1 heterocycles. The molecule has 13 heavy (non-hydrogen) atoms. The van der Waals surface area contributed by atoms with Crippen molar-refractivity contribution in [3.05, 3.63) is 0 Å². The maximum Gasteiger partial charge on any atom is 0.406 e. The molecule has 0 aromatic carbocycles. The highest BCUT2D eigenvalue weighted by Gasteiger charge is 2.56. The molecular formula is C8H15F3N2. The molecule has 1 fully saturated rings. The lowest BCUT2D eigenvalue weighted by molar-refractivity contribution is -0.232. The first-order valence-electron chi connectivity index (χ1n) is 4.35. The summed E-state index contributed by atoms with van der Waals surface area (Å²) in [6, 6.07) is 0.